The number of rotatable bonds is 3. The smallest absolute Gasteiger partial charge is 0.264 e. The predicted molar refractivity (Wildman–Crippen MR) is 42.2 cm³/mol. The summed E-state index contributed by atoms with van der Waals surface area (Å²) >= 11 is 0. The number of nitrogens with zero attached hydrogens (tertiary/aromatic N) is 1. The lowest BCUT2D eigenvalue weighted by Crippen LogP contribution is -2.24. The molecule has 0 saturated carbocycles. The van der Waals surface area contributed by atoms with Crippen molar-refractivity contribution < 1.29 is 13.7 Å². The molecule has 70 valence electrons. The van der Waals surface area contributed by atoms with Gasteiger partial charge in [-0.1, -0.05) is 30.3 Å². The van der Waals surface area contributed by atoms with Gasteiger partial charge in [0.05, 0.1) is 0 Å². The lowest BCUT2D eigenvalue weighted by Gasteiger charge is -2.10. The topological polar surface area (TPSA) is 43.1 Å². The minimum atomic E-state index is -3.38. The van der Waals surface area contributed by atoms with E-state index in [1.807, 2.05) is 0 Å². The molecule has 0 bridgehead atoms. The molecule has 0 amide bonds. The summed E-state index contributed by atoms with van der Waals surface area (Å²) < 4.78 is 25.9. The Labute approximate surface area is 73.1 Å². The Morgan fingerprint density at radius 2 is 1.85 bits per heavy atom. The number of halogens is 2. The largest absolute Gasteiger partial charge is 0.336 e. The molecule has 0 aliphatic heterocycles. The van der Waals surface area contributed by atoms with Crippen LogP contribution in [0.5, 0.6) is 0 Å². The Morgan fingerprint density at radius 3 is 2.31 bits per heavy atom. The van der Waals surface area contributed by atoms with Crippen molar-refractivity contribution in [2.45, 2.75) is 5.92 Å². The summed E-state index contributed by atoms with van der Waals surface area (Å²) in [6, 6.07) is 6.76. The summed E-state index contributed by atoms with van der Waals surface area (Å²) in [4.78, 5) is 8.89. The molecule has 0 radical (unpaired) electrons. The second kappa shape index (κ2) is 3.47. The van der Waals surface area contributed by atoms with Gasteiger partial charge in [-0.3, -0.25) is 10.1 Å². The summed E-state index contributed by atoms with van der Waals surface area (Å²) in [5.41, 5.74) is -0.327. The van der Waals surface area contributed by atoms with Crippen LogP contribution in [0, 0.1) is 10.1 Å². The van der Waals surface area contributed by atoms with Gasteiger partial charge in [0.15, 0.2) is 0 Å². The van der Waals surface area contributed by atoms with Crippen LogP contribution >= 0.6 is 0 Å². The van der Waals surface area contributed by atoms with E-state index < -0.39 is 17.4 Å². The van der Waals surface area contributed by atoms with Gasteiger partial charge in [0, 0.05) is 10.5 Å². The van der Waals surface area contributed by atoms with Gasteiger partial charge in [0.1, 0.15) is 0 Å². The van der Waals surface area contributed by atoms with Gasteiger partial charge in [-0.2, -0.15) is 8.78 Å². The van der Waals surface area contributed by atoms with Crippen LogP contribution in [0.3, 0.4) is 0 Å². The van der Waals surface area contributed by atoms with Crippen LogP contribution in [0.15, 0.2) is 30.3 Å². The van der Waals surface area contributed by atoms with E-state index in [-0.39, 0.29) is 5.56 Å². The molecule has 1 aromatic rings. The summed E-state index contributed by atoms with van der Waals surface area (Å²) in [5, 5.41) is 9.91. The third-order valence-electron chi connectivity index (χ3n) is 1.52. The van der Waals surface area contributed by atoms with Crippen molar-refractivity contribution in [2.75, 3.05) is 6.54 Å². The number of benzene rings is 1. The normalized spacial score (nSPS) is 11.2. The van der Waals surface area contributed by atoms with E-state index >= 15 is 0 Å². The zero-order chi connectivity index (χ0) is 9.90. The molecule has 3 nitrogen and oxygen atoms in total. The SMILES string of the molecule is O=[N+]([O-])CC(F)(F)c1ccccc1. The van der Waals surface area contributed by atoms with Crippen molar-refractivity contribution >= 4 is 0 Å². The minimum Gasteiger partial charge on any atom is -0.264 e. The first-order valence-corrected chi connectivity index (χ1v) is 3.57. The van der Waals surface area contributed by atoms with Crippen molar-refractivity contribution in [3.05, 3.63) is 46.0 Å². The highest BCUT2D eigenvalue weighted by molar-refractivity contribution is 5.19. The van der Waals surface area contributed by atoms with Crippen LogP contribution < -0.4 is 0 Å². The highest BCUT2D eigenvalue weighted by Gasteiger charge is 2.37. The zero-order valence-corrected chi connectivity index (χ0v) is 6.61. The molecule has 1 aromatic carbocycles. The second-order valence-electron chi connectivity index (χ2n) is 2.56. The average molecular weight is 187 g/mol. The average Bonchev–Trinajstić information content (AvgIpc) is 2.04. The van der Waals surface area contributed by atoms with Gasteiger partial charge in [0.25, 0.3) is 6.54 Å². The van der Waals surface area contributed by atoms with Crippen molar-refractivity contribution in [2.24, 2.45) is 0 Å². The molecule has 0 saturated heterocycles. The Balaban J connectivity index is 2.87. The fraction of sp³-hybridized carbons (Fsp3) is 0.250. The van der Waals surface area contributed by atoms with E-state index in [2.05, 4.69) is 0 Å². The molecule has 0 aliphatic carbocycles. The quantitative estimate of drug-likeness (QED) is 0.536. The maximum atomic E-state index is 13.0. The predicted octanol–water partition coefficient (Wildman–Crippen LogP) is 2.06. The van der Waals surface area contributed by atoms with Gasteiger partial charge in [-0.25, -0.2) is 0 Å². The maximum absolute atomic E-state index is 13.0. The molecule has 5 heteroatoms. The van der Waals surface area contributed by atoms with E-state index in [0.29, 0.717) is 0 Å². The molecule has 13 heavy (non-hydrogen) atoms. The lowest BCUT2D eigenvalue weighted by atomic mass is 10.1. The van der Waals surface area contributed by atoms with Crippen LogP contribution in [-0.2, 0) is 5.92 Å². The van der Waals surface area contributed by atoms with Gasteiger partial charge in [-0.15, -0.1) is 0 Å². The molecule has 0 aliphatic rings. The van der Waals surface area contributed by atoms with Gasteiger partial charge in [0.2, 0.25) is 0 Å². The monoisotopic (exact) mass is 187 g/mol. The standard InChI is InChI=1S/C8H7F2NO2/c9-8(10,6-11(12)13)7-4-2-1-3-5-7/h1-5H,6H2. The number of alkyl halides is 2. The second-order valence-corrected chi connectivity index (χ2v) is 2.56. The van der Waals surface area contributed by atoms with Crippen LogP contribution in [0.25, 0.3) is 0 Å². The Kier molecular flexibility index (Phi) is 2.55. The first kappa shape index (κ1) is 9.57. The van der Waals surface area contributed by atoms with E-state index in [0.717, 1.165) is 0 Å². The molecule has 0 spiro atoms. The van der Waals surface area contributed by atoms with Crippen molar-refractivity contribution in [3.8, 4) is 0 Å². The van der Waals surface area contributed by atoms with E-state index in [1.54, 1.807) is 6.07 Å². The highest BCUT2D eigenvalue weighted by Crippen LogP contribution is 2.27. The minimum absolute atomic E-state index is 0.327. The molecule has 1 rings (SSSR count). The van der Waals surface area contributed by atoms with Crippen LogP contribution in [0.4, 0.5) is 8.78 Å². The van der Waals surface area contributed by atoms with Crippen LogP contribution in [0.2, 0.25) is 0 Å². The summed E-state index contributed by atoms with van der Waals surface area (Å²) in [5.74, 6) is -3.38. The molecule has 0 N–H and O–H groups in total. The molecule has 0 unspecified atom stereocenters. The van der Waals surface area contributed by atoms with Crippen molar-refractivity contribution in [1.29, 1.82) is 0 Å². The van der Waals surface area contributed by atoms with Crippen LogP contribution in [0.1, 0.15) is 5.56 Å². The third kappa shape index (κ3) is 2.47. The first-order valence-electron chi connectivity index (χ1n) is 3.57. The summed E-state index contributed by atoms with van der Waals surface area (Å²) in [6.07, 6.45) is 0. The van der Waals surface area contributed by atoms with E-state index in [1.165, 1.54) is 24.3 Å². The fourth-order valence-corrected chi connectivity index (χ4v) is 0.935. The van der Waals surface area contributed by atoms with Crippen molar-refractivity contribution in [3.63, 3.8) is 0 Å². The Hall–Kier alpha value is -1.52. The molecule has 0 fully saturated rings. The fourth-order valence-electron chi connectivity index (χ4n) is 0.935. The molecular formula is C8H7F2NO2. The number of nitro groups is 1. The van der Waals surface area contributed by atoms with Crippen molar-refractivity contribution in [1.82, 2.24) is 0 Å². The highest BCUT2D eigenvalue weighted by atomic mass is 19.3. The lowest BCUT2D eigenvalue weighted by molar-refractivity contribution is -0.507. The molecular weight excluding hydrogens is 180 g/mol. The zero-order valence-electron chi connectivity index (χ0n) is 6.61. The molecule has 0 heterocycles. The number of hydrogen-bond donors (Lipinski definition) is 0. The maximum Gasteiger partial charge on any atom is 0.336 e. The van der Waals surface area contributed by atoms with E-state index in [9.17, 15) is 18.9 Å². The van der Waals surface area contributed by atoms with Gasteiger partial charge < -0.3 is 0 Å². The van der Waals surface area contributed by atoms with E-state index in [4.69, 9.17) is 0 Å². The Morgan fingerprint density at radius 1 is 1.31 bits per heavy atom. The van der Waals surface area contributed by atoms with Crippen LogP contribution in [-0.4, -0.2) is 11.5 Å². The molecule has 0 aromatic heterocycles. The van der Waals surface area contributed by atoms with Gasteiger partial charge in [-0.05, 0) is 0 Å². The number of hydrogen-bond acceptors (Lipinski definition) is 2. The summed E-state index contributed by atoms with van der Waals surface area (Å²) in [7, 11) is 0. The molecule has 0 atom stereocenters. The summed E-state index contributed by atoms with van der Waals surface area (Å²) in [6.45, 7) is -1.36. The third-order valence-corrected chi connectivity index (χ3v) is 1.52. The first-order chi connectivity index (χ1) is 6.02. The van der Waals surface area contributed by atoms with Gasteiger partial charge >= 0.3 is 5.92 Å². The Bertz CT molecular complexity index is 300.